The molecular formula is C11H9F3N2O3. The van der Waals surface area contributed by atoms with Crippen molar-refractivity contribution in [1.82, 2.24) is 5.32 Å². The quantitative estimate of drug-likeness (QED) is 0.865. The van der Waals surface area contributed by atoms with Crippen molar-refractivity contribution >= 4 is 17.7 Å². The van der Waals surface area contributed by atoms with Gasteiger partial charge in [0.15, 0.2) is 0 Å². The van der Waals surface area contributed by atoms with Crippen molar-refractivity contribution in [3.8, 4) is 0 Å². The Bertz CT molecular complexity index is 542. The van der Waals surface area contributed by atoms with Crippen LogP contribution in [0.1, 0.15) is 15.9 Å². The Labute approximate surface area is 105 Å². The lowest BCUT2D eigenvalue weighted by molar-refractivity contribution is -0.137. The number of hydrogen-bond donors (Lipinski definition) is 2. The molecule has 1 heterocycles. The van der Waals surface area contributed by atoms with E-state index in [1.807, 2.05) is 0 Å². The summed E-state index contributed by atoms with van der Waals surface area (Å²) in [6, 6.07) is 1.76. The fourth-order valence-corrected chi connectivity index (χ4v) is 1.82. The van der Waals surface area contributed by atoms with Crippen LogP contribution in [-0.4, -0.2) is 30.2 Å². The van der Waals surface area contributed by atoms with Crippen LogP contribution in [0.5, 0.6) is 0 Å². The van der Waals surface area contributed by atoms with Gasteiger partial charge in [0.2, 0.25) is 0 Å². The molecule has 1 saturated heterocycles. The molecule has 1 fully saturated rings. The van der Waals surface area contributed by atoms with Crippen LogP contribution < -0.4 is 10.2 Å². The standard InChI is InChI=1S/C11H9F3N2O3/c12-11(13,14)6-1-2-8(7(5-6)9(17)18)16-4-3-15-10(16)19/h1-2,5H,3-4H2,(H,15,19)(H,17,18). The van der Waals surface area contributed by atoms with Crippen molar-refractivity contribution in [2.45, 2.75) is 6.18 Å². The summed E-state index contributed by atoms with van der Waals surface area (Å²) in [6.07, 6.45) is -4.63. The van der Waals surface area contributed by atoms with Gasteiger partial charge in [-0.2, -0.15) is 13.2 Å². The molecule has 8 heteroatoms. The number of carbonyl (C=O) groups excluding carboxylic acids is 1. The van der Waals surface area contributed by atoms with Gasteiger partial charge in [-0.1, -0.05) is 0 Å². The summed E-state index contributed by atoms with van der Waals surface area (Å²) >= 11 is 0. The predicted octanol–water partition coefficient (Wildman–Crippen LogP) is 1.93. The maximum absolute atomic E-state index is 12.5. The number of urea groups is 1. The third-order valence-corrected chi connectivity index (χ3v) is 2.70. The Morgan fingerprint density at radius 3 is 2.53 bits per heavy atom. The third kappa shape index (κ3) is 2.47. The van der Waals surface area contributed by atoms with Gasteiger partial charge in [0, 0.05) is 13.1 Å². The van der Waals surface area contributed by atoms with Gasteiger partial charge in [-0.25, -0.2) is 9.59 Å². The van der Waals surface area contributed by atoms with E-state index in [9.17, 15) is 22.8 Å². The number of halogens is 3. The van der Waals surface area contributed by atoms with E-state index in [-0.39, 0.29) is 12.2 Å². The molecule has 2 N–H and O–H groups in total. The average Bonchev–Trinajstić information content (AvgIpc) is 2.73. The Kier molecular flexibility index (Phi) is 3.09. The van der Waals surface area contributed by atoms with Gasteiger partial charge in [-0.05, 0) is 18.2 Å². The van der Waals surface area contributed by atoms with E-state index in [1.54, 1.807) is 0 Å². The van der Waals surface area contributed by atoms with Crippen molar-refractivity contribution in [3.05, 3.63) is 29.3 Å². The van der Waals surface area contributed by atoms with Gasteiger partial charge in [-0.3, -0.25) is 4.90 Å². The van der Waals surface area contributed by atoms with Gasteiger partial charge in [-0.15, -0.1) is 0 Å². The second-order valence-corrected chi connectivity index (χ2v) is 3.92. The predicted molar refractivity (Wildman–Crippen MR) is 59.1 cm³/mol. The number of nitrogens with one attached hydrogen (secondary N) is 1. The summed E-state index contributed by atoms with van der Waals surface area (Å²) in [5, 5.41) is 11.4. The molecule has 0 spiro atoms. The van der Waals surface area contributed by atoms with Crippen LogP contribution in [0.4, 0.5) is 23.7 Å². The minimum Gasteiger partial charge on any atom is -0.478 e. The molecular weight excluding hydrogens is 265 g/mol. The first-order valence-electron chi connectivity index (χ1n) is 5.30. The summed E-state index contributed by atoms with van der Waals surface area (Å²) < 4.78 is 37.6. The van der Waals surface area contributed by atoms with E-state index >= 15 is 0 Å². The van der Waals surface area contributed by atoms with Crippen LogP contribution >= 0.6 is 0 Å². The van der Waals surface area contributed by atoms with Crippen molar-refractivity contribution in [3.63, 3.8) is 0 Å². The summed E-state index contributed by atoms with van der Waals surface area (Å²) in [4.78, 5) is 23.6. The second kappa shape index (κ2) is 4.45. The Morgan fingerprint density at radius 2 is 2.05 bits per heavy atom. The van der Waals surface area contributed by atoms with E-state index in [1.165, 1.54) is 0 Å². The number of carboxylic acids is 1. The first kappa shape index (κ1) is 13.2. The van der Waals surface area contributed by atoms with Crippen LogP contribution in [0.25, 0.3) is 0 Å². The molecule has 5 nitrogen and oxygen atoms in total. The number of rotatable bonds is 2. The van der Waals surface area contributed by atoms with Crippen molar-refractivity contribution in [2.75, 3.05) is 18.0 Å². The summed E-state index contributed by atoms with van der Waals surface area (Å²) in [7, 11) is 0. The number of nitrogens with zero attached hydrogens (tertiary/aromatic N) is 1. The lowest BCUT2D eigenvalue weighted by Gasteiger charge is -2.18. The molecule has 102 valence electrons. The summed E-state index contributed by atoms with van der Waals surface area (Å²) in [6.45, 7) is 0.531. The monoisotopic (exact) mass is 274 g/mol. The van der Waals surface area contributed by atoms with E-state index in [4.69, 9.17) is 5.11 Å². The molecule has 2 rings (SSSR count). The van der Waals surface area contributed by atoms with Crippen LogP contribution in [-0.2, 0) is 6.18 Å². The molecule has 1 aromatic carbocycles. The largest absolute Gasteiger partial charge is 0.478 e. The highest BCUT2D eigenvalue weighted by Gasteiger charge is 2.33. The first-order valence-corrected chi connectivity index (χ1v) is 5.30. The van der Waals surface area contributed by atoms with E-state index in [0.717, 1.165) is 17.0 Å². The minimum atomic E-state index is -4.63. The normalized spacial score (nSPS) is 15.5. The molecule has 1 aromatic rings. The second-order valence-electron chi connectivity index (χ2n) is 3.92. The van der Waals surface area contributed by atoms with Gasteiger partial charge >= 0.3 is 18.2 Å². The molecule has 0 bridgehead atoms. The molecule has 0 radical (unpaired) electrons. The number of carbonyl (C=O) groups is 2. The third-order valence-electron chi connectivity index (χ3n) is 2.70. The zero-order chi connectivity index (χ0) is 14.2. The lowest BCUT2D eigenvalue weighted by atomic mass is 10.1. The number of amides is 2. The Morgan fingerprint density at radius 1 is 1.37 bits per heavy atom. The summed E-state index contributed by atoms with van der Waals surface area (Å²) in [5.74, 6) is -1.51. The molecule has 0 saturated carbocycles. The molecule has 0 aromatic heterocycles. The fourth-order valence-electron chi connectivity index (χ4n) is 1.82. The van der Waals surface area contributed by atoms with Crippen molar-refractivity contribution < 1.29 is 27.9 Å². The van der Waals surface area contributed by atoms with Crippen LogP contribution in [0, 0.1) is 0 Å². The Hall–Kier alpha value is -2.25. The highest BCUT2D eigenvalue weighted by Crippen LogP contribution is 2.33. The molecule has 0 atom stereocenters. The average molecular weight is 274 g/mol. The number of anilines is 1. The lowest BCUT2D eigenvalue weighted by Crippen LogP contribution is -2.29. The zero-order valence-corrected chi connectivity index (χ0v) is 9.49. The number of hydrogen-bond acceptors (Lipinski definition) is 2. The van der Waals surface area contributed by atoms with Crippen molar-refractivity contribution in [2.24, 2.45) is 0 Å². The van der Waals surface area contributed by atoms with Gasteiger partial charge in [0.05, 0.1) is 16.8 Å². The maximum Gasteiger partial charge on any atom is 0.416 e. The number of benzene rings is 1. The van der Waals surface area contributed by atoms with Gasteiger partial charge in [0.25, 0.3) is 0 Å². The van der Waals surface area contributed by atoms with Crippen LogP contribution in [0.3, 0.4) is 0 Å². The molecule has 2 amide bonds. The SMILES string of the molecule is O=C(O)c1cc(C(F)(F)F)ccc1N1CCNC1=O. The highest BCUT2D eigenvalue weighted by molar-refractivity contribution is 6.02. The van der Waals surface area contributed by atoms with E-state index in [0.29, 0.717) is 12.6 Å². The smallest absolute Gasteiger partial charge is 0.416 e. The number of aromatic carboxylic acids is 1. The fraction of sp³-hybridized carbons (Fsp3) is 0.273. The van der Waals surface area contributed by atoms with Gasteiger partial charge < -0.3 is 10.4 Å². The van der Waals surface area contributed by atoms with Crippen molar-refractivity contribution in [1.29, 1.82) is 0 Å². The molecule has 0 aliphatic carbocycles. The first-order chi connectivity index (χ1) is 8.80. The molecule has 1 aliphatic rings. The number of carboxylic acid groups (broad SMARTS) is 1. The Balaban J connectivity index is 2.50. The number of alkyl halides is 3. The zero-order valence-electron chi connectivity index (χ0n) is 9.49. The summed E-state index contributed by atoms with van der Waals surface area (Å²) in [5.41, 5.74) is -1.66. The molecule has 0 unspecified atom stereocenters. The van der Waals surface area contributed by atoms with Gasteiger partial charge in [0.1, 0.15) is 0 Å². The van der Waals surface area contributed by atoms with E-state index < -0.39 is 29.3 Å². The van der Waals surface area contributed by atoms with E-state index in [2.05, 4.69) is 5.32 Å². The van der Waals surface area contributed by atoms with Crippen LogP contribution in [0.15, 0.2) is 18.2 Å². The maximum atomic E-state index is 12.5. The highest BCUT2D eigenvalue weighted by atomic mass is 19.4. The molecule has 1 aliphatic heterocycles. The van der Waals surface area contributed by atoms with Crippen LogP contribution in [0.2, 0.25) is 0 Å². The minimum absolute atomic E-state index is 0.0458. The topological polar surface area (TPSA) is 69.6 Å². The molecule has 19 heavy (non-hydrogen) atoms.